The molecule has 4 aromatic carbocycles. The van der Waals surface area contributed by atoms with Crippen molar-refractivity contribution < 1.29 is 84.1 Å². The molecule has 3 atom stereocenters. The molecule has 4 aromatic rings. The Kier molecular flexibility index (Phi) is 29.3. The predicted molar refractivity (Wildman–Crippen MR) is 383 cm³/mol. The second-order valence-corrected chi connectivity index (χ2v) is 30.3. The van der Waals surface area contributed by atoms with Crippen LogP contribution in [0.1, 0.15) is 178 Å². The molecule has 7 rings (SSSR count). The Morgan fingerprint density at radius 1 is 0.610 bits per heavy atom. The van der Waals surface area contributed by atoms with Crippen molar-refractivity contribution in [2.45, 2.75) is 192 Å². The van der Waals surface area contributed by atoms with Crippen molar-refractivity contribution in [2.24, 2.45) is 5.92 Å². The third-order valence-electron chi connectivity index (χ3n) is 18.7. The lowest BCUT2D eigenvalue weighted by Gasteiger charge is -2.27. The number of allylic oxidation sites excluding steroid dienone is 7. The quantitative estimate of drug-likeness (QED) is 0.0116. The summed E-state index contributed by atoms with van der Waals surface area (Å²) in [5, 5.41) is 36.6. The van der Waals surface area contributed by atoms with E-state index >= 15 is 0 Å². The van der Waals surface area contributed by atoms with E-state index in [1.54, 1.807) is 24.3 Å². The van der Waals surface area contributed by atoms with E-state index in [1.165, 1.54) is 0 Å². The number of carbonyl (C=O) groups excluding carboxylic acids is 4. The van der Waals surface area contributed by atoms with Crippen molar-refractivity contribution >= 4 is 78.7 Å². The first-order valence-electron chi connectivity index (χ1n) is 34.7. The van der Waals surface area contributed by atoms with E-state index in [0.717, 1.165) is 76.3 Å². The molecule has 3 aliphatic rings. The first kappa shape index (κ1) is 78.8. The minimum Gasteiger partial charge on any atom is -0.481 e. The zero-order chi connectivity index (χ0) is 72.6. The summed E-state index contributed by atoms with van der Waals surface area (Å²) in [5.74, 6) is -5.07. The molecule has 0 fully saturated rings. The Balaban J connectivity index is 1.03. The maximum atomic E-state index is 14.3. The number of carboxylic acid groups (broad SMARTS) is 3. The van der Waals surface area contributed by atoms with Gasteiger partial charge in [0, 0.05) is 86.1 Å². The molecule has 2 aliphatic heterocycles. The van der Waals surface area contributed by atoms with Crippen molar-refractivity contribution in [3.8, 4) is 5.75 Å². The van der Waals surface area contributed by atoms with Crippen LogP contribution in [0.5, 0.6) is 5.75 Å². The molecule has 0 unspecified atom stereocenters. The van der Waals surface area contributed by atoms with Gasteiger partial charge in [-0.2, -0.15) is 21.4 Å². The van der Waals surface area contributed by atoms with E-state index < -0.39 is 78.8 Å². The maximum absolute atomic E-state index is 14.3. The van der Waals surface area contributed by atoms with E-state index in [4.69, 9.17) is 9.84 Å². The fraction of sp³-hybridized carbons (Fsp3) is 0.474. The molecule has 24 heteroatoms. The van der Waals surface area contributed by atoms with Gasteiger partial charge in [-0.05, 0) is 149 Å². The lowest BCUT2D eigenvalue weighted by atomic mass is 9.81. The van der Waals surface area contributed by atoms with Crippen LogP contribution < -0.4 is 25.6 Å². The molecule has 100 heavy (non-hydrogen) atoms. The molecule has 3 amide bonds. The summed E-state index contributed by atoms with van der Waals surface area (Å²) in [6.45, 7) is 9.69. The summed E-state index contributed by atoms with van der Waals surface area (Å²) in [7, 11) is -8.27. The monoisotopic (exact) mass is 1420 g/mol. The van der Waals surface area contributed by atoms with Gasteiger partial charge < -0.3 is 40.9 Å². The molecule has 0 saturated heterocycles. The minimum absolute atomic E-state index is 0.00713. The number of ether oxygens (including phenoxy) is 1. The highest BCUT2D eigenvalue weighted by atomic mass is 32.2. The van der Waals surface area contributed by atoms with Crippen LogP contribution in [-0.4, -0.2) is 136 Å². The zero-order valence-electron chi connectivity index (χ0n) is 57.8. The summed E-state index contributed by atoms with van der Waals surface area (Å²) < 4.78 is 75.0. The number of urea groups is 1. The number of hydrogen-bond donors (Lipinski definition) is 8. The fourth-order valence-corrected chi connectivity index (χ4v) is 14.5. The van der Waals surface area contributed by atoms with Gasteiger partial charge in [0.1, 0.15) is 29.9 Å². The highest BCUT2D eigenvalue weighted by Gasteiger charge is 2.44. The van der Waals surface area contributed by atoms with Crippen molar-refractivity contribution in [3.05, 3.63) is 172 Å². The third kappa shape index (κ3) is 24.1. The van der Waals surface area contributed by atoms with E-state index in [-0.39, 0.29) is 100 Å². The van der Waals surface area contributed by atoms with Gasteiger partial charge in [-0.25, -0.2) is 9.59 Å². The number of amides is 3. The largest absolute Gasteiger partial charge is 0.481 e. The van der Waals surface area contributed by atoms with Gasteiger partial charge in [0.2, 0.25) is 11.6 Å². The number of rotatable bonds is 42. The summed E-state index contributed by atoms with van der Waals surface area (Å²) in [6.07, 6.45) is 16.3. The molecule has 0 aromatic heterocycles. The van der Waals surface area contributed by atoms with Crippen LogP contribution in [-0.2, 0) is 72.7 Å². The van der Waals surface area contributed by atoms with Gasteiger partial charge in [0.15, 0.2) is 11.5 Å². The highest BCUT2D eigenvalue weighted by Crippen LogP contribution is 2.48. The summed E-state index contributed by atoms with van der Waals surface area (Å²) >= 11 is 0. The van der Waals surface area contributed by atoms with Gasteiger partial charge in [-0.1, -0.05) is 124 Å². The first-order chi connectivity index (χ1) is 47.5. The molecule has 0 radical (unpaired) electrons. The third-order valence-corrected chi connectivity index (χ3v) is 20.3. The molecule has 22 nitrogen and oxygen atoms in total. The molecule has 0 spiro atoms. The predicted octanol–water partition coefficient (Wildman–Crippen LogP) is 12.1. The van der Waals surface area contributed by atoms with Crippen molar-refractivity contribution in [3.63, 3.8) is 0 Å². The van der Waals surface area contributed by atoms with Gasteiger partial charge in [-0.15, -0.1) is 0 Å². The van der Waals surface area contributed by atoms with Crippen LogP contribution in [0.3, 0.4) is 0 Å². The molecule has 0 bridgehead atoms. The first-order valence-corrected chi connectivity index (χ1v) is 37.9. The molecule has 0 saturated carbocycles. The van der Waals surface area contributed by atoms with Crippen molar-refractivity contribution in [2.75, 3.05) is 36.0 Å². The Morgan fingerprint density at radius 3 is 1.91 bits per heavy atom. The van der Waals surface area contributed by atoms with Crippen LogP contribution in [0.4, 0.5) is 16.2 Å². The number of Topliss-reactive ketones (excluding diaryl/α,β-unsaturated/α-hetero) is 2. The number of nitrogens with zero attached hydrogens (tertiary/aromatic N) is 2. The van der Waals surface area contributed by atoms with Crippen LogP contribution >= 0.6 is 0 Å². The number of ketones is 2. The number of anilines is 1. The van der Waals surface area contributed by atoms with E-state index in [9.17, 15) is 69.7 Å². The number of nitrogens with one attached hydrogen (secondary N) is 3. The fourth-order valence-electron chi connectivity index (χ4n) is 13.3. The summed E-state index contributed by atoms with van der Waals surface area (Å²) in [5.41, 5.74) is 8.61. The van der Waals surface area contributed by atoms with Crippen LogP contribution in [0.25, 0.3) is 0 Å². The highest BCUT2D eigenvalue weighted by molar-refractivity contribution is 7.86. The lowest BCUT2D eigenvalue weighted by molar-refractivity contribution is -0.438. The Bertz CT molecular complexity index is 3950. The number of fused-ring (bicyclic) bond motifs is 2. The minimum atomic E-state index is -4.14. The molecule has 1 aliphatic carbocycles. The number of unbranched alkanes of at least 4 members (excludes halogenated alkanes) is 7. The number of carboxylic acids is 3. The molecule has 540 valence electrons. The van der Waals surface area contributed by atoms with Gasteiger partial charge in [0.25, 0.3) is 20.2 Å². The Labute approximate surface area is 587 Å². The van der Waals surface area contributed by atoms with Gasteiger partial charge >= 0.3 is 23.9 Å². The molecular weight excluding hydrogens is 1320 g/mol. The normalized spacial score (nSPS) is 16.6. The van der Waals surface area contributed by atoms with Crippen LogP contribution in [0.2, 0.25) is 0 Å². The average molecular weight is 1420 g/mol. The van der Waals surface area contributed by atoms with Gasteiger partial charge in [0.05, 0.1) is 28.9 Å². The van der Waals surface area contributed by atoms with E-state index in [2.05, 4.69) is 102 Å². The number of benzene rings is 4. The average Bonchev–Trinajstić information content (AvgIpc) is 1.61. The Morgan fingerprint density at radius 2 is 1.24 bits per heavy atom. The number of aliphatic carboxylic acids is 3. The summed E-state index contributed by atoms with van der Waals surface area (Å²) in [4.78, 5) is 90.1. The Hall–Kier alpha value is -8.58. The van der Waals surface area contributed by atoms with Crippen LogP contribution in [0.15, 0.2) is 150 Å². The number of para-hydroxylation sites is 2. The topological polar surface area (TPSA) is 340 Å². The zero-order valence-corrected chi connectivity index (χ0v) is 59.4. The second kappa shape index (κ2) is 37.2. The molecular formula is C76H98N5O17S2+. The number of carbonyl (C=O) groups is 7. The van der Waals surface area contributed by atoms with Gasteiger partial charge in [-0.3, -0.25) is 33.1 Å². The maximum Gasteiger partial charge on any atom is 0.326 e. The van der Waals surface area contributed by atoms with E-state index in [0.29, 0.717) is 75.1 Å². The standard InChI is InChI=1S/C76H97N5O17S2/c1-75(2)60-29-14-16-31-64(60)80(46-18-20-48-99(92,93)94)67(75)43-37-55-26-22-27-56(38-44-68-76(3,4)61-30-15-17-32-65(61)81(68)47-19-21-49-100(95,96)97)71(55)98-59-40-35-54(36-41-59)50-57(72(87)88)52-66(83)63(51-53-24-10-9-11-25-53)78-69(84)33-13-8-6-5-7-12-28-58(82)39-42-62(73(89)90)79-74(91)77-45-23-34-70(85)86/h9-11,14-17,24-25,29-32,35-38,40-41,43-44,57,62-63H,5-8,12-13,18-23,26-28,33-34,39,42,45-52H2,1-4H3,(H7-,77,78,79,84,85,86,87,88,89,90,91,92,93,94,95,96,97)/p+1/t57-,62+,63+/m1/s1. The smallest absolute Gasteiger partial charge is 0.326 e. The van der Waals surface area contributed by atoms with E-state index in [1.807, 2.05) is 54.6 Å². The summed E-state index contributed by atoms with van der Waals surface area (Å²) in [6, 6.07) is 29.5. The second-order valence-electron chi connectivity index (χ2n) is 27.2. The lowest BCUT2D eigenvalue weighted by Crippen LogP contribution is -2.46. The van der Waals surface area contributed by atoms with Crippen molar-refractivity contribution in [1.82, 2.24) is 16.0 Å². The molecule has 8 N–H and O–H groups in total. The van der Waals surface area contributed by atoms with Crippen molar-refractivity contribution in [1.29, 1.82) is 0 Å². The number of hydrogen-bond acceptors (Lipinski definition) is 13. The SMILES string of the molecule is CC1(C)C(=CC=C2CCCC(C=CC3=[N+](CCCCS(=O)(=O)O)c4ccccc4C3(C)C)=C2Oc2ccc(C[C@H](CC(=O)[C@H](Cc3ccccc3)NC(=O)CCCCCCCCC(=O)CC[C@H](NC(=O)NCCCC(=O)O)C(=O)O)C(=O)O)cc2)N(CCCCS(=O)(=O)O)c2ccccc21. The molecule has 2 heterocycles. The van der Waals surface area contributed by atoms with Crippen LogP contribution in [0, 0.1) is 5.92 Å².